The largest absolute Gasteiger partial charge is 0.492 e. The number of hydrogen-bond donors (Lipinski definition) is 0. The lowest BCUT2D eigenvalue weighted by molar-refractivity contribution is -0.113. The molecule has 0 N–H and O–H groups in total. The van der Waals surface area contributed by atoms with Gasteiger partial charge in [-0.2, -0.15) is 0 Å². The molecule has 1 heterocycles. The number of carbonyl (C=O) groups excluding carboxylic acids is 1. The molecule has 0 radical (unpaired) electrons. The Morgan fingerprint density at radius 2 is 2.00 bits per heavy atom. The lowest BCUT2D eigenvalue weighted by atomic mass is 10.1. The molecular formula is C21H20BrNO2S2. The lowest BCUT2D eigenvalue weighted by Crippen LogP contribution is -2.28. The molecule has 1 fully saturated rings. The fourth-order valence-corrected chi connectivity index (χ4v) is 4.61. The minimum Gasteiger partial charge on any atom is -0.492 e. The first-order valence-electron chi connectivity index (χ1n) is 8.68. The summed E-state index contributed by atoms with van der Waals surface area (Å²) in [7, 11) is 0. The number of rotatable bonds is 5. The third-order valence-corrected chi connectivity index (χ3v) is 6.02. The third-order valence-electron chi connectivity index (χ3n) is 4.10. The van der Waals surface area contributed by atoms with Gasteiger partial charge in [-0.3, -0.25) is 9.69 Å². The molecule has 1 amide bonds. The summed E-state index contributed by atoms with van der Waals surface area (Å²) < 4.78 is 7.10. The van der Waals surface area contributed by atoms with E-state index in [9.17, 15) is 4.79 Å². The Kier molecular flexibility index (Phi) is 6.40. The predicted octanol–water partition coefficient (Wildman–Crippen LogP) is 6.26. The Morgan fingerprint density at radius 3 is 2.67 bits per heavy atom. The zero-order valence-electron chi connectivity index (χ0n) is 15.4. The van der Waals surface area contributed by atoms with Crippen LogP contribution in [0.5, 0.6) is 5.75 Å². The number of ether oxygens (including phenoxy) is 1. The summed E-state index contributed by atoms with van der Waals surface area (Å²) in [6.45, 7) is 6.77. The number of thiocarbonyl (C=S) groups is 1. The van der Waals surface area contributed by atoms with Crippen molar-refractivity contribution in [3.63, 3.8) is 0 Å². The first-order valence-corrected chi connectivity index (χ1v) is 10.7. The molecule has 0 aliphatic carbocycles. The molecule has 0 atom stereocenters. The molecule has 0 bridgehead atoms. The molecule has 1 aliphatic rings. The Morgan fingerprint density at radius 1 is 1.22 bits per heavy atom. The summed E-state index contributed by atoms with van der Waals surface area (Å²) in [5, 5.41) is 0. The molecule has 2 aromatic rings. The van der Waals surface area contributed by atoms with E-state index < -0.39 is 0 Å². The van der Waals surface area contributed by atoms with Gasteiger partial charge in [-0.05, 0) is 71.6 Å². The molecule has 140 valence electrons. The van der Waals surface area contributed by atoms with Crippen LogP contribution in [0.25, 0.3) is 6.08 Å². The standard InChI is InChI=1S/C21H20BrNO2S2/c1-4-9-25-18-8-6-15(11-16(18)22)12-19-20(24)23(21(26)27-19)17-7-5-13(2)10-14(17)3/h5-8,10-12H,4,9H2,1-3H3/b19-12+. The number of amides is 1. The SMILES string of the molecule is CCCOc1ccc(/C=C2/SC(=S)N(c3ccc(C)cc3C)C2=O)cc1Br. The van der Waals surface area contributed by atoms with Crippen molar-refractivity contribution in [1.82, 2.24) is 0 Å². The summed E-state index contributed by atoms with van der Waals surface area (Å²) in [5.74, 6) is 0.719. The molecule has 0 aromatic heterocycles. The van der Waals surface area contributed by atoms with Crippen LogP contribution in [0.3, 0.4) is 0 Å². The van der Waals surface area contributed by atoms with E-state index >= 15 is 0 Å². The molecule has 1 aliphatic heterocycles. The van der Waals surface area contributed by atoms with E-state index in [1.54, 1.807) is 4.90 Å². The van der Waals surface area contributed by atoms with Gasteiger partial charge in [0, 0.05) is 0 Å². The number of anilines is 1. The van der Waals surface area contributed by atoms with Gasteiger partial charge in [0.25, 0.3) is 5.91 Å². The summed E-state index contributed by atoms with van der Waals surface area (Å²) in [4.78, 5) is 15.2. The first kappa shape index (κ1) is 20.1. The van der Waals surface area contributed by atoms with E-state index in [0.29, 0.717) is 15.8 Å². The average molecular weight is 462 g/mol. The molecule has 0 unspecified atom stereocenters. The predicted molar refractivity (Wildman–Crippen MR) is 121 cm³/mol. The highest BCUT2D eigenvalue weighted by Gasteiger charge is 2.34. The van der Waals surface area contributed by atoms with Crippen LogP contribution in [0, 0.1) is 13.8 Å². The van der Waals surface area contributed by atoms with E-state index in [-0.39, 0.29) is 5.91 Å². The van der Waals surface area contributed by atoms with Crippen LogP contribution in [0.1, 0.15) is 30.0 Å². The highest BCUT2D eigenvalue weighted by molar-refractivity contribution is 9.10. The van der Waals surface area contributed by atoms with Gasteiger partial charge in [-0.15, -0.1) is 0 Å². The van der Waals surface area contributed by atoms with E-state index in [2.05, 4.69) is 28.9 Å². The number of hydrogen-bond acceptors (Lipinski definition) is 4. The van der Waals surface area contributed by atoms with Gasteiger partial charge >= 0.3 is 0 Å². The zero-order valence-corrected chi connectivity index (χ0v) is 18.6. The van der Waals surface area contributed by atoms with Crippen LogP contribution in [0.2, 0.25) is 0 Å². The molecule has 1 saturated heterocycles. The summed E-state index contributed by atoms with van der Waals surface area (Å²) in [5.41, 5.74) is 3.96. The van der Waals surface area contributed by atoms with Crippen LogP contribution in [-0.4, -0.2) is 16.8 Å². The van der Waals surface area contributed by atoms with Gasteiger partial charge in [-0.25, -0.2) is 0 Å². The van der Waals surface area contributed by atoms with Gasteiger partial charge in [0.05, 0.1) is 21.7 Å². The van der Waals surface area contributed by atoms with Crippen molar-refractivity contribution in [2.75, 3.05) is 11.5 Å². The van der Waals surface area contributed by atoms with Gasteiger partial charge in [0.2, 0.25) is 0 Å². The van der Waals surface area contributed by atoms with E-state index in [4.69, 9.17) is 17.0 Å². The monoisotopic (exact) mass is 461 g/mol. The molecule has 27 heavy (non-hydrogen) atoms. The Bertz CT molecular complexity index is 940. The van der Waals surface area contributed by atoms with Gasteiger partial charge in [-0.1, -0.05) is 54.7 Å². The summed E-state index contributed by atoms with van der Waals surface area (Å²) in [6, 6.07) is 11.8. The number of aryl methyl sites for hydroxylation is 2. The lowest BCUT2D eigenvalue weighted by Gasteiger charge is -2.17. The van der Waals surface area contributed by atoms with E-state index in [0.717, 1.165) is 39.0 Å². The number of thioether (sulfide) groups is 1. The minimum atomic E-state index is -0.0839. The first-order chi connectivity index (χ1) is 12.9. The fraction of sp³-hybridized carbons (Fsp3) is 0.238. The van der Waals surface area contributed by atoms with Crippen molar-refractivity contribution >= 4 is 61.9 Å². The maximum Gasteiger partial charge on any atom is 0.270 e. The van der Waals surface area contributed by atoms with Crippen molar-refractivity contribution in [3.05, 3.63) is 62.5 Å². The second-order valence-electron chi connectivity index (χ2n) is 6.35. The minimum absolute atomic E-state index is 0.0839. The van der Waals surface area contributed by atoms with Crippen molar-refractivity contribution < 1.29 is 9.53 Å². The number of carbonyl (C=O) groups is 1. The molecule has 0 spiro atoms. The molecule has 3 rings (SSSR count). The van der Waals surface area contributed by atoms with Crippen molar-refractivity contribution in [2.24, 2.45) is 0 Å². The molecule has 2 aromatic carbocycles. The number of benzene rings is 2. The quantitative estimate of drug-likeness (QED) is 0.388. The maximum atomic E-state index is 13.0. The fourth-order valence-electron chi connectivity index (χ4n) is 2.82. The average Bonchev–Trinajstić information content (AvgIpc) is 2.88. The van der Waals surface area contributed by atoms with Crippen LogP contribution in [0.4, 0.5) is 5.69 Å². The highest BCUT2D eigenvalue weighted by atomic mass is 79.9. The second-order valence-corrected chi connectivity index (χ2v) is 8.88. The Balaban J connectivity index is 1.87. The Hall–Kier alpha value is -1.63. The van der Waals surface area contributed by atoms with Crippen molar-refractivity contribution in [3.8, 4) is 5.75 Å². The zero-order chi connectivity index (χ0) is 19.6. The van der Waals surface area contributed by atoms with Crippen LogP contribution < -0.4 is 9.64 Å². The highest BCUT2D eigenvalue weighted by Crippen LogP contribution is 2.38. The molecule has 6 heteroatoms. The summed E-state index contributed by atoms with van der Waals surface area (Å²) >= 11 is 10.3. The van der Waals surface area contributed by atoms with Crippen molar-refractivity contribution in [2.45, 2.75) is 27.2 Å². The van der Waals surface area contributed by atoms with Crippen LogP contribution >= 0.6 is 39.9 Å². The molecular weight excluding hydrogens is 442 g/mol. The van der Waals surface area contributed by atoms with Crippen LogP contribution in [-0.2, 0) is 4.79 Å². The molecule has 0 saturated carbocycles. The van der Waals surface area contributed by atoms with Gasteiger partial charge in [0.1, 0.15) is 5.75 Å². The van der Waals surface area contributed by atoms with Crippen molar-refractivity contribution in [1.29, 1.82) is 0 Å². The van der Waals surface area contributed by atoms with E-state index in [1.165, 1.54) is 11.8 Å². The van der Waals surface area contributed by atoms with Gasteiger partial charge < -0.3 is 4.74 Å². The summed E-state index contributed by atoms with van der Waals surface area (Å²) in [6.07, 6.45) is 2.83. The van der Waals surface area contributed by atoms with Crippen LogP contribution in [0.15, 0.2) is 45.8 Å². The smallest absolute Gasteiger partial charge is 0.270 e. The Labute approximate surface area is 177 Å². The number of halogens is 1. The topological polar surface area (TPSA) is 29.5 Å². The second kappa shape index (κ2) is 8.59. The number of nitrogens with zero attached hydrogens (tertiary/aromatic N) is 1. The third kappa shape index (κ3) is 4.45. The normalized spacial score (nSPS) is 15.7. The molecule has 3 nitrogen and oxygen atoms in total. The maximum absolute atomic E-state index is 13.0. The van der Waals surface area contributed by atoms with Gasteiger partial charge in [0.15, 0.2) is 4.32 Å². The van der Waals surface area contributed by atoms with E-state index in [1.807, 2.05) is 50.3 Å².